The van der Waals surface area contributed by atoms with E-state index >= 15 is 0 Å². The van der Waals surface area contributed by atoms with E-state index in [0.29, 0.717) is 73.6 Å². The molecule has 1 unspecified atom stereocenters. The van der Waals surface area contributed by atoms with Crippen LogP contribution in [0.5, 0.6) is 23.0 Å². The third kappa shape index (κ3) is 15.6. The molecule has 0 amide bonds. The number of aromatic hydroxyl groups is 2. The molecule has 0 saturated carbocycles. The average Bonchev–Trinajstić information content (AvgIpc) is 3.25. The van der Waals surface area contributed by atoms with E-state index in [-0.39, 0.29) is 28.5 Å². The van der Waals surface area contributed by atoms with Gasteiger partial charge in [-0.2, -0.15) is 0 Å². The van der Waals surface area contributed by atoms with Crippen LogP contribution in [-0.4, -0.2) is 40.4 Å². The summed E-state index contributed by atoms with van der Waals surface area (Å²) in [4.78, 5) is 59.1. The van der Waals surface area contributed by atoms with Crippen molar-refractivity contribution >= 4 is 23.9 Å². The minimum Gasteiger partial charge on any atom is -0.507 e. The Morgan fingerprint density at radius 3 is 0.772 bits per heavy atom. The molecule has 0 heterocycles. The fourth-order valence-corrected chi connectivity index (χ4v) is 9.85. The summed E-state index contributed by atoms with van der Waals surface area (Å²) in [7, 11) is 0. The SMILES string of the molecule is CCC(C)CC(C)(C)C(OC(=O)c1cc(C(C)(C)C)c(OC(=O)c2cc(C(C)(C)C)c(O)c(C(C)(C)C)c2)c(C(C)(C)C)c1)OC(=O)c1cc(C(C)(C)C)c(OC(=O)c2cc(C(C)(C)C)c(O)c(C(C)(C)C)c2)c(C(C)(C)C)c1. The second-order valence-electron chi connectivity index (χ2n) is 31.3. The third-order valence-corrected chi connectivity index (χ3v) is 14.8. The van der Waals surface area contributed by atoms with Gasteiger partial charge in [-0.15, -0.1) is 0 Å². The molecule has 0 spiro atoms. The number of benzene rings is 4. The van der Waals surface area contributed by atoms with Gasteiger partial charge in [-0.3, -0.25) is 0 Å². The quantitative estimate of drug-likeness (QED) is 0.0799. The number of phenolic OH excluding ortho intramolecular Hbond substituents is 2. The van der Waals surface area contributed by atoms with Crippen LogP contribution in [0, 0.1) is 11.3 Å². The molecule has 10 heteroatoms. The van der Waals surface area contributed by atoms with E-state index in [2.05, 4.69) is 13.8 Å². The maximum Gasteiger partial charge on any atom is 0.343 e. The molecule has 436 valence electrons. The Kier molecular flexibility index (Phi) is 18.6. The highest BCUT2D eigenvalue weighted by Crippen LogP contribution is 2.47. The minimum absolute atomic E-state index is 0.152. The molecule has 0 aliphatic rings. The monoisotopic (exact) mass is 1090 g/mol. The number of rotatable bonds is 12. The largest absolute Gasteiger partial charge is 0.507 e. The van der Waals surface area contributed by atoms with Gasteiger partial charge in [0.15, 0.2) is 0 Å². The number of hydrogen-bond donors (Lipinski definition) is 2. The second-order valence-corrected chi connectivity index (χ2v) is 31.3. The molecule has 79 heavy (non-hydrogen) atoms. The van der Waals surface area contributed by atoms with Gasteiger partial charge in [-0.05, 0) is 104 Å². The van der Waals surface area contributed by atoms with Crippen molar-refractivity contribution in [2.24, 2.45) is 11.3 Å². The van der Waals surface area contributed by atoms with Gasteiger partial charge in [0.25, 0.3) is 6.29 Å². The predicted octanol–water partition coefficient (Wildman–Crippen LogP) is 17.7. The standard InChI is InChI=1S/C69H100O10/c1-29-39(2)38-69(27,28)60(78-58(74)42-34-48(65(15,16)17)54(49(35-42)66(18,19)20)76-56(72)40-30-44(61(3,4)5)52(70)45(31-40)62(6,7)8)79-59(75)43-36-50(67(21,22)23)55(51(37-43)68(24,25)26)77-57(73)41-32-46(63(9,10)11)53(71)47(33-41)64(12,13)14/h30-37,39,60,70-71H,29,38H2,1-28H3. The Bertz CT molecular complexity index is 2610. The predicted molar refractivity (Wildman–Crippen MR) is 321 cm³/mol. The lowest BCUT2D eigenvalue weighted by atomic mass is 9.78. The van der Waals surface area contributed by atoms with Crippen LogP contribution >= 0.6 is 0 Å². The Hall–Kier alpha value is -5.64. The number of ether oxygens (including phenoxy) is 4. The molecule has 0 aliphatic heterocycles. The summed E-state index contributed by atoms with van der Waals surface area (Å²) in [5, 5.41) is 22.9. The average molecular weight is 1090 g/mol. The molecular formula is C69H100O10. The fourth-order valence-electron chi connectivity index (χ4n) is 9.85. The topological polar surface area (TPSA) is 146 Å². The Labute approximate surface area is 476 Å². The number of phenols is 2. The molecule has 4 aromatic carbocycles. The molecule has 2 N–H and O–H groups in total. The minimum atomic E-state index is -1.36. The van der Waals surface area contributed by atoms with Crippen molar-refractivity contribution < 1.29 is 48.3 Å². The van der Waals surface area contributed by atoms with E-state index in [1.807, 2.05) is 180 Å². The molecule has 0 fully saturated rings. The Balaban J connectivity index is 1.90. The molecule has 1 atom stereocenters. The first-order valence-electron chi connectivity index (χ1n) is 28.3. The van der Waals surface area contributed by atoms with Crippen LogP contribution in [0.1, 0.15) is 293 Å². The summed E-state index contributed by atoms with van der Waals surface area (Å²) < 4.78 is 25.9. The zero-order valence-electron chi connectivity index (χ0n) is 53.8. The molecule has 0 bridgehead atoms. The van der Waals surface area contributed by atoms with E-state index in [4.69, 9.17) is 18.9 Å². The maximum absolute atomic E-state index is 15.0. The van der Waals surface area contributed by atoms with E-state index in [9.17, 15) is 29.4 Å². The molecular weight excluding hydrogens is 989 g/mol. The van der Waals surface area contributed by atoms with Crippen molar-refractivity contribution in [2.75, 3.05) is 0 Å². The van der Waals surface area contributed by atoms with Crippen LogP contribution in [0.25, 0.3) is 0 Å². The first kappa shape index (κ1) is 65.9. The first-order chi connectivity index (χ1) is 35.3. The van der Waals surface area contributed by atoms with Crippen LogP contribution in [-0.2, 0) is 52.8 Å². The van der Waals surface area contributed by atoms with E-state index in [1.54, 1.807) is 48.5 Å². The summed E-state index contributed by atoms with van der Waals surface area (Å²) in [5.74, 6) is -1.51. The fraction of sp³-hybridized carbons (Fsp3) is 0.594. The zero-order valence-corrected chi connectivity index (χ0v) is 53.8. The van der Waals surface area contributed by atoms with Crippen LogP contribution in [0.4, 0.5) is 0 Å². The molecule has 10 nitrogen and oxygen atoms in total. The molecule has 4 rings (SSSR count). The highest BCUT2D eigenvalue weighted by molar-refractivity contribution is 5.96. The first-order valence-corrected chi connectivity index (χ1v) is 28.3. The number of hydrogen-bond acceptors (Lipinski definition) is 10. The lowest BCUT2D eigenvalue weighted by molar-refractivity contribution is -0.142. The van der Waals surface area contributed by atoms with Gasteiger partial charge >= 0.3 is 23.9 Å². The summed E-state index contributed by atoms with van der Waals surface area (Å²) in [6.07, 6.45) is 0.0242. The molecule has 4 aromatic rings. The maximum atomic E-state index is 15.0. The number of carbonyl (C=O) groups is 4. The van der Waals surface area contributed by atoms with E-state index in [0.717, 1.165) is 6.42 Å². The Morgan fingerprint density at radius 1 is 0.367 bits per heavy atom. The lowest BCUT2D eigenvalue weighted by Gasteiger charge is -2.35. The molecule has 0 aliphatic carbocycles. The van der Waals surface area contributed by atoms with Crippen molar-refractivity contribution in [3.8, 4) is 23.0 Å². The highest BCUT2D eigenvalue weighted by Gasteiger charge is 2.41. The smallest absolute Gasteiger partial charge is 0.343 e. The molecule has 0 saturated heterocycles. The van der Waals surface area contributed by atoms with Gasteiger partial charge in [0.2, 0.25) is 0 Å². The van der Waals surface area contributed by atoms with Crippen LogP contribution in [0.15, 0.2) is 48.5 Å². The van der Waals surface area contributed by atoms with Crippen LogP contribution in [0.2, 0.25) is 0 Å². The van der Waals surface area contributed by atoms with Crippen LogP contribution < -0.4 is 9.47 Å². The van der Waals surface area contributed by atoms with Crippen LogP contribution in [0.3, 0.4) is 0 Å². The summed E-state index contributed by atoms with van der Waals surface area (Å²) in [5.41, 5.74) is 0.436. The zero-order chi connectivity index (χ0) is 61.1. The van der Waals surface area contributed by atoms with Gasteiger partial charge in [-0.25, -0.2) is 19.2 Å². The van der Waals surface area contributed by atoms with Crippen molar-refractivity contribution in [1.82, 2.24) is 0 Å². The lowest BCUT2D eigenvalue weighted by Crippen LogP contribution is -2.39. The van der Waals surface area contributed by atoms with Gasteiger partial charge in [0.1, 0.15) is 23.0 Å². The number of carbonyl (C=O) groups excluding carboxylic acids is 4. The van der Waals surface area contributed by atoms with Gasteiger partial charge in [-0.1, -0.05) is 200 Å². The Morgan fingerprint density at radius 2 is 0.570 bits per heavy atom. The van der Waals surface area contributed by atoms with Crippen molar-refractivity contribution in [1.29, 1.82) is 0 Å². The second kappa shape index (κ2) is 22.4. The molecule has 0 radical (unpaired) electrons. The van der Waals surface area contributed by atoms with E-state index < -0.39 is 78.9 Å². The normalized spacial score (nSPS) is 13.8. The molecule has 0 aromatic heterocycles. The summed E-state index contributed by atoms with van der Waals surface area (Å²) in [6.45, 7) is 55.7. The van der Waals surface area contributed by atoms with Gasteiger partial charge in [0.05, 0.1) is 22.3 Å². The van der Waals surface area contributed by atoms with Crippen molar-refractivity contribution in [3.05, 3.63) is 115 Å². The highest BCUT2D eigenvalue weighted by atomic mass is 16.7. The van der Waals surface area contributed by atoms with Crippen molar-refractivity contribution in [2.45, 2.75) is 256 Å². The summed E-state index contributed by atoms with van der Waals surface area (Å²) in [6, 6.07) is 13.6. The van der Waals surface area contributed by atoms with Gasteiger partial charge in [0, 0.05) is 49.9 Å². The number of esters is 4. The third-order valence-electron chi connectivity index (χ3n) is 14.8. The van der Waals surface area contributed by atoms with Gasteiger partial charge < -0.3 is 29.2 Å². The van der Waals surface area contributed by atoms with Crippen molar-refractivity contribution in [3.63, 3.8) is 0 Å². The van der Waals surface area contributed by atoms with E-state index in [1.165, 1.54) is 0 Å². The summed E-state index contributed by atoms with van der Waals surface area (Å²) >= 11 is 0.